The highest BCUT2D eigenvalue weighted by atomic mass is 16.7. The average molecular weight is 453 g/mol. The predicted octanol–water partition coefficient (Wildman–Crippen LogP) is 3.53. The lowest BCUT2D eigenvalue weighted by Crippen LogP contribution is -2.48. The van der Waals surface area contributed by atoms with Gasteiger partial charge in [-0.25, -0.2) is 9.59 Å². The smallest absolute Gasteiger partial charge is 0.408 e. The zero-order chi connectivity index (χ0) is 24.9. The van der Waals surface area contributed by atoms with E-state index in [0.717, 1.165) is 11.1 Å². The summed E-state index contributed by atoms with van der Waals surface area (Å²) in [7, 11) is 1.32. The normalized spacial score (nSPS) is 11.4. The molecule has 0 radical (unpaired) electrons. The Morgan fingerprint density at radius 1 is 1.16 bits per heavy atom. The number of nitro benzene ring substituents is 1. The lowest BCUT2D eigenvalue weighted by atomic mass is 10.0. The quantitative estimate of drug-likeness (QED) is 0.489. The van der Waals surface area contributed by atoms with E-state index in [0.29, 0.717) is 5.56 Å². The Labute approximate surface area is 187 Å². The minimum absolute atomic E-state index is 0.0416. The summed E-state index contributed by atoms with van der Waals surface area (Å²) in [6, 6.07) is 2.30. The van der Waals surface area contributed by atoms with Crippen molar-refractivity contribution in [3.05, 3.63) is 33.4 Å². The van der Waals surface area contributed by atoms with Gasteiger partial charge in [-0.05, 0) is 53.5 Å². The molecule has 178 valence electrons. The Hall–Kier alpha value is -3.37. The number of carbonyl (C=O) groups is 3. The summed E-state index contributed by atoms with van der Waals surface area (Å²) in [6.45, 7) is 11.4. The van der Waals surface area contributed by atoms with Crippen LogP contribution in [-0.4, -0.2) is 52.8 Å². The van der Waals surface area contributed by atoms with Crippen LogP contribution in [0.1, 0.15) is 63.9 Å². The first kappa shape index (κ1) is 26.7. The van der Waals surface area contributed by atoms with Crippen LogP contribution in [-0.2, 0) is 14.4 Å². The predicted molar refractivity (Wildman–Crippen MR) is 115 cm³/mol. The second-order valence-electron chi connectivity index (χ2n) is 8.86. The van der Waals surface area contributed by atoms with E-state index in [9.17, 15) is 24.5 Å². The van der Waals surface area contributed by atoms with Gasteiger partial charge in [0, 0.05) is 24.6 Å². The number of rotatable bonds is 7. The highest BCUT2D eigenvalue weighted by Gasteiger charge is 2.28. The van der Waals surface area contributed by atoms with Crippen molar-refractivity contribution in [2.24, 2.45) is 0 Å². The number of carbonyl (C=O) groups excluding carboxylic acids is 3. The molecule has 0 heterocycles. The highest BCUT2D eigenvalue weighted by Crippen LogP contribution is 2.29. The van der Waals surface area contributed by atoms with E-state index < -0.39 is 34.0 Å². The zero-order valence-electron chi connectivity index (χ0n) is 19.7. The van der Waals surface area contributed by atoms with Crippen LogP contribution in [0.5, 0.6) is 5.75 Å². The fourth-order valence-corrected chi connectivity index (χ4v) is 2.72. The van der Waals surface area contributed by atoms with E-state index in [4.69, 9.17) is 14.3 Å². The number of nitro groups is 1. The maximum atomic E-state index is 12.7. The molecule has 1 N–H and O–H groups in total. The van der Waals surface area contributed by atoms with Gasteiger partial charge in [0.25, 0.3) is 11.6 Å². The number of alkyl carbamates (subject to hydrolysis) is 1. The fourth-order valence-electron chi connectivity index (χ4n) is 2.72. The molecule has 0 saturated heterocycles. The molecule has 11 nitrogen and oxygen atoms in total. The first-order valence-corrected chi connectivity index (χ1v) is 9.91. The van der Waals surface area contributed by atoms with Gasteiger partial charge in [-0.3, -0.25) is 14.9 Å². The fraction of sp³-hybridized carbons (Fsp3) is 0.571. The molecule has 0 aliphatic rings. The third-order valence-electron chi connectivity index (χ3n) is 4.22. The molecular formula is C21H31N3O8. The van der Waals surface area contributed by atoms with E-state index in [2.05, 4.69) is 5.32 Å². The number of hydroxylamine groups is 2. The molecule has 0 aliphatic heterocycles. The molecule has 0 spiro atoms. The van der Waals surface area contributed by atoms with Gasteiger partial charge in [-0.15, -0.1) is 0 Å². The SMILES string of the molecule is COc1c(C)cc([N+](=O)[O-])cc1C(=O)ON(CCC(C)(C)NC(=O)OC(C)(C)C)C(C)=O. The van der Waals surface area contributed by atoms with Gasteiger partial charge in [0.15, 0.2) is 0 Å². The standard InChI is InChI=1S/C21H31N3O8/c1-13-11-15(24(28)29)12-16(17(13)30-8)18(26)32-23(14(2)25)10-9-21(6,7)22-19(27)31-20(3,4)5/h11-12H,9-10H2,1-8H3,(H,22,27). The molecule has 32 heavy (non-hydrogen) atoms. The van der Waals surface area contributed by atoms with Crippen molar-refractivity contribution < 1.29 is 33.6 Å². The minimum Gasteiger partial charge on any atom is -0.496 e. The van der Waals surface area contributed by atoms with E-state index in [1.165, 1.54) is 20.1 Å². The van der Waals surface area contributed by atoms with Gasteiger partial charge < -0.3 is 19.6 Å². The van der Waals surface area contributed by atoms with Crippen molar-refractivity contribution >= 4 is 23.7 Å². The van der Waals surface area contributed by atoms with Crippen molar-refractivity contribution in [1.29, 1.82) is 0 Å². The number of nitrogens with zero attached hydrogens (tertiary/aromatic N) is 2. The summed E-state index contributed by atoms with van der Waals surface area (Å²) in [4.78, 5) is 52.5. The van der Waals surface area contributed by atoms with Crippen LogP contribution in [0.3, 0.4) is 0 Å². The number of amides is 2. The van der Waals surface area contributed by atoms with E-state index in [1.54, 1.807) is 41.5 Å². The number of methoxy groups -OCH3 is 1. The van der Waals surface area contributed by atoms with Crippen molar-refractivity contribution in [2.45, 2.75) is 66.0 Å². The molecule has 1 rings (SSSR count). The average Bonchev–Trinajstić information content (AvgIpc) is 2.61. The molecule has 0 aliphatic carbocycles. The topological polar surface area (TPSA) is 137 Å². The van der Waals surface area contributed by atoms with Crippen LogP contribution in [0, 0.1) is 17.0 Å². The van der Waals surface area contributed by atoms with Gasteiger partial charge in [0.1, 0.15) is 16.9 Å². The molecule has 2 amide bonds. The van der Waals surface area contributed by atoms with Crippen LogP contribution in [0.25, 0.3) is 0 Å². The number of hydrogen-bond donors (Lipinski definition) is 1. The summed E-state index contributed by atoms with van der Waals surface area (Å²) < 4.78 is 10.4. The lowest BCUT2D eigenvalue weighted by Gasteiger charge is -2.30. The molecule has 0 atom stereocenters. The van der Waals surface area contributed by atoms with Crippen molar-refractivity contribution in [2.75, 3.05) is 13.7 Å². The number of hydrogen-bond acceptors (Lipinski definition) is 8. The van der Waals surface area contributed by atoms with Crippen molar-refractivity contribution in [3.8, 4) is 5.75 Å². The van der Waals surface area contributed by atoms with E-state index >= 15 is 0 Å². The van der Waals surface area contributed by atoms with Crippen LogP contribution < -0.4 is 10.1 Å². The first-order chi connectivity index (χ1) is 14.6. The molecule has 0 bridgehead atoms. The summed E-state index contributed by atoms with van der Waals surface area (Å²) >= 11 is 0. The summed E-state index contributed by atoms with van der Waals surface area (Å²) in [6.07, 6.45) is -0.393. The third-order valence-corrected chi connectivity index (χ3v) is 4.22. The summed E-state index contributed by atoms with van der Waals surface area (Å²) in [5.41, 5.74) is -1.59. The van der Waals surface area contributed by atoms with Crippen LogP contribution in [0.15, 0.2) is 12.1 Å². The number of non-ortho nitro benzene ring substituents is 1. The lowest BCUT2D eigenvalue weighted by molar-refractivity contribution is -0.385. The second-order valence-corrected chi connectivity index (χ2v) is 8.86. The van der Waals surface area contributed by atoms with Gasteiger partial charge in [-0.2, -0.15) is 5.06 Å². The van der Waals surface area contributed by atoms with E-state index in [1.807, 2.05) is 0 Å². The maximum absolute atomic E-state index is 12.7. The van der Waals surface area contributed by atoms with Gasteiger partial charge >= 0.3 is 12.1 Å². The van der Waals surface area contributed by atoms with Gasteiger partial charge in [0.05, 0.1) is 18.6 Å². The van der Waals surface area contributed by atoms with Crippen LogP contribution in [0.2, 0.25) is 0 Å². The number of nitrogens with one attached hydrogen (secondary N) is 1. The van der Waals surface area contributed by atoms with E-state index in [-0.39, 0.29) is 30.0 Å². The highest BCUT2D eigenvalue weighted by molar-refractivity contribution is 5.94. The summed E-state index contributed by atoms with van der Waals surface area (Å²) in [5.74, 6) is -1.44. The monoisotopic (exact) mass is 453 g/mol. The van der Waals surface area contributed by atoms with Crippen molar-refractivity contribution in [1.82, 2.24) is 10.4 Å². The first-order valence-electron chi connectivity index (χ1n) is 9.91. The molecular weight excluding hydrogens is 422 g/mol. The van der Waals surface area contributed by atoms with Gasteiger partial charge in [-0.1, -0.05) is 0 Å². The molecule has 0 aromatic heterocycles. The third kappa shape index (κ3) is 8.05. The second kappa shape index (κ2) is 10.3. The Morgan fingerprint density at radius 2 is 1.75 bits per heavy atom. The Bertz CT molecular complexity index is 890. The van der Waals surface area contributed by atoms with Gasteiger partial charge in [0.2, 0.25) is 0 Å². The molecule has 0 fully saturated rings. The van der Waals surface area contributed by atoms with Crippen molar-refractivity contribution in [3.63, 3.8) is 0 Å². The number of ether oxygens (including phenoxy) is 2. The molecule has 1 aromatic rings. The Morgan fingerprint density at radius 3 is 2.22 bits per heavy atom. The maximum Gasteiger partial charge on any atom is 0.408 e. The largest absolute Gasteiger partial charge is 0.496 e. The summed E-state index contributed by atoms with van der Waals surface area (Å²) in [5, 5.41) is 14.7. The minimum atomic E-state index is -0.984. The van der Waals surface area contributed by atoms with Crippen LogP contribution >= 0.6 is 0 Å². The Kier molecular flexibility index (Phi) is 8.58. The molecule has 0 unspecified atom stereocenters. The van der Waals surface area contributed by atoms with Crippen LogP contribution in [0.4, 0.5) is 10.5 Å². The Balaban J connectivity index is 2.97. The number of aryl methyl sites for hydroxylation is 1. The molecule has 11 heteroatoms. The molecule has 0 saturated carbocycles. The molecule has 1 aromatic carbocycles. The zero-order valence-corrected chi connectivity index (χ0v) is 19.7. The number of benzene rings is 1.